The van der Waals surface area contributed by atoms with Crippen LogP contribution in [-0.2, 0) is 12.7 Å². The fourth-order valence-corrected chi connectivity index (χ4v) is 0.973. The number of nitrogens with two attached hydrogens (primary N) is 1. The Kier molecular flexibility index (Phi) is 2.95. The molecule has 0 unspecified atom stereocenters. The molecule has 14 heavy (non-hydrogen) atoms. The number of methoxy groups -OCH3 is 1. The van der Waals surface area contributed by atoms with Crippen LogP contribution in [-0.4, -0.2) is 12.1 Å². The van der Waals surface area contributed by atoms with Crippen LogP contribution >= 0.6 is 0 Å². The van der Waals surface area contributed by atoms with Crippen LogP contribution in [0.15, 0.2) is 12.3 Å². The number of aromatic nitrogens is 1. The third kappa shape index (κ3) is 2.14. The monoisotopic (exact) mass is 206 g/mol. The van der Waals surface area contributed by atoms with Crippen molar-refractivity contribution in [1.29, 1.82) is 0 Å². The van der Waals surface area contributed by atoms with E-state index in [0.717, 1.165) is 13.2 Å². The van der Waals surface area contributed by atoms with Crippen molar-refractivity contribution in [3.63, 3.8) is 0 Å². The van der Waals surface area contributed by atoms with E-state index in [4.69, 9.17) is 5.73 Å². The smallest absolute Gasteiger partial charge is 0.421 e. The number of ether oxygens (including phenoxy) is 1. The van der Waals surface area contributed by atoms with Gasteiger partial charge in [-0.25, -0.2) is 4.98 Å². The maximum absolute atomic E-state index is 12.4. The number of nitrogens with zero attached hydrogens (tertiary/aromatic N) is 1. The Labute approximate surface area is 78.7 Å². The molecule has 1 rings (SSSR count). The van der Waals surface area contributed by atoms with E-state index in [0.29, 0.717) is 5.56 Å². The molecule has 0 aliphatic carbocycles. The van der Waals surface area contributed by atoms with Crippen LogP contribution < -0.4 is 10.5 Å². The second-order valence-electron chi connectivity index (χ2n) is 2.60. The second kappa shape index (κ2) is 3.83. The number of hydrogen-bond donors (Lipinski definition) is 1. The van der Waals surface area contributed by atoms with Gasteiger partial charge in [0.25, 0.3) is 0 Å². The predicted molar refractivity (Wildman–Crippen MR) is 43.7 cm³/mol. The van der Waals surface area contributed by atoms with Crippen molar-refractivity contribution in [2.75, 3.05) is 7.11 Å². The zero-order chi connectivity index (χ0) is 10.8. The first-order valence-electron chi connectivity index (χ1n) is 3.79. The van der Waals surface area contributed by atoms with Gasteiger partial charge >= 0.3 is 6.18 Å². The topological polar surface area (TPSA) is 48.1 Å². The second-order valence-corrected chi connectivity index (χ2v) is 2.60. The molecule has 0 aromatic carbocycles. The Balaban J connectivity index is 3.22. The Morgan fingerprint density at radius 3 is 2.57 bits per heavy atom. The van der Waals surface area contributed by atoms with E-state index >= 15 is 0 Å². The van der Waals surface area contributed by atoms with Crippen molar-refractivity contribution in [3.05, 3.63) is 23.4 Å². The molecule has 6 heteroatoms. The van der Waals surface area contributed by atoms with E-state index in [-0.39, 0.29) is 6.54 Å². The van der Waals surface area contributed by atoms with Gasteiger partial charge in [-0.1, -0.05) is 0 Å². The van der Waals surface area contributed by atoms with Crippen molar-refractivity contribution in [2.24, 2.45) is 5.73 Å². The van der Waals surface area contributed by atoms with Gasteiger partial charge in [0.05, 0.1) is 7.11 Å². The SMILES string of the molecule is COc1ncc(CN)cc1C(F)(F)F. The lowest BCUT2D eigenvalue weighted by atomic mass is 10.2. The van der Waals surface area contributed by atoms with Crippen LogP contribution in [0.4, 0.5) is 13.2 Å². The molecule has 3 nitrogen and oxygen atoms in total. The molecule has 0 atom stereocenters. The number of halogens is 3. The molecular formula is C8H9F3N2O. The predicted octanol–water partition coefficient (Wildman–Crippen LogP) is 1.57. The molecule has 1 heterocycles. The molecule has 1 aromatic heterocycles. The van der Waals surface area contributed by atoms with Gasteiger partial charge in [-0.2, -0.15) is 13.2 Å². The number of rotatable bonds is 2. The molecule has 1 aromatic rings. The highest BCUT2D eigenvalue weighted by atomic mass is 19.4. The van der Waals surface area contributed by atoms with Gasteiger partial charge in [-0.05, 0) is 11.6 Å². The standard InChI is InChI=1S/C8H9F3N2O/c1-14-7-6(8(9,10)11)2-5(3-12)4-13-7/h2,4H,3,12H2,1H3. The maximum atomic E-state index is 12.4. The van der Waals surface area contributed by atoms with Crippen LogP contribution in [0.2, 0.25) is 0 Å². The fourth-order valence-electron chi connectivity index (χ4n) is 0.973. The molecule has 0 aliphatic rings. The summed E-state index contributed by atoms with van der Waals surface area (Å²) in [7, 11) is 1.14. The van der Waals surface area contributed by atoms with Gasteiger partial charge in [-0.3, -0.25) is 0 Å². The van der Waals surface area contributed by atoms with E-state index in [1.807, 2.05) is 0 Å². The first kappa shape index (κ1) is 10.8. The molecular weight excluding hydrogens is 197 g/mol. The minimum atomic E-state index is -4.47. The lowest BCUT2D eigenvalue weighted by molar-refractivity contribution is -0.139. The highest BCUT2D eigenvalue weighted by molar-refractivity contribution is 5.32. The van der Waals surface area contributed by atoms with Crippen LogP contribution in [0.25, 0.3) is 0 Å². The summed E-state index contributed by atoms with van der Waals surface area (Å²) >= 11 is 0. The molecule has 0 aliphatic heterocycles. The Hall–Kier alpha value is -1.30. The lowest BCUT2D eigenvalue weighted by Crippen LogP contribution is -2.10. The molecule has 0 fully saturated rings. The quantitative estimate of drug-likeness (QED) is 0.798. The average molecular weight is 206 g/mol. The largest absolute Gasteiger partial charge is 0.481 e. The van der Waals surface area contributed by atoms with E-state index in [9.17, 15) is 13.2 Å². The summed E-state index contributed by atoms with van der Waals surface area (Å²) in [5, 5.41) is 0. The summed E-state index contributed by atoms with van der Waals surface area (Å²) in [6.45, 7) is 0.0140. The third-order valence-electron chi connectivity index (χ3n) is 1.64. The van der Waals surface area contributed by atoms with Crippen LogP contribution in [0, 0.1) is 0 Å². The third-order valence-corrected chi connectivity index (χ3v) is 1.64. The van der Waals surface area contributed by atoms with Crippen molar-refractivity contribution >= 4 is 0 Å². The van der Waals surface area contributed by atoms with Crippen LogP contribution in [0.1, 0.15) is 11.1 Å². The molecule has 0 saturated carbocycles. The fraction of sp³-hybridized carbons (Fsp3) is 0.375. The summed E-state index contributed by atoms with van der Waals surface area (Å²) in [6.07, 6.45) is -3.21. The number of alkyl halides is 3. The first-order valence-corrected chi connectivity index (χ1v) is 3.79. The number of hydrogen-bond acceptors (Lipinski definition) is 3. The Morgan fingerprint density at radius 2 is 2.14 bits per heavy atom. The number of pyridine rings is 1. The van der Waals surface area contributed by atoms with Gasteiger partial charge in [0.1, 0.15) is 5.56 Å². The first-order chi connectivity index (χ1) is 6.49. The lowest BCUT2D eigenvalue weighted by Gasteiger charge is -2.11. The molecule has 0 amide bonds. The van der Waals surface area contributed by atoms with Gasteiger partial charge < -0.3 is 10.5 Å². The minimum absolute atomic E-state index is 0.0140. The summed E-state index contributed by atoms with van der Waals surface area (Å²) in [6, 6.07) is 0.936. The van der Waals surface area contributed by atoms with E-state index in [1.54, 1.807) is 0 Å². The van der Waals surface area contributed by atoms with E-state index in [1.165, 1.54) is 6.20 Å². The highest BCUT2D eigenvalue weighted by Crippen LogP contribution is 2.35. The van der Waals surface area contributed by atoms with Crippen molar-refractivity contribution in [1.82, 2.24) is 4.98 Å². The van der Waals surface area contributed by atoms with Gasteiger partial charge in [0.2, 0.25) is 5.88 Å². The van der Waals surface area contributed by atoms with E-state index in [2.05, 4.69) is 9.72 Å². The van der Waals surface area contributed by atoms with Crippen LogP contribution in [0.3, 0.4) is 0 Å². The molecule has 2 N–H and O–H groups in total. The van der Waals surface area contributed by atoms with Crippen LogP contribution in [0.5, 0.6) is 5.88 Å². The van der Waals surface area contributed by atoms with Gasteiger partial charge in [0.15, 0.2) is 0 Å². The zero-order valence-corrected chi connectivity index (χ0v) is 7.43. The van der Waals surface area contributed by atoms with Crippen molar-refractivity contribution in [3.8, 4) is 5.88 Å². The molecule has 0 bridgehead atoms. The molecule has 0 saturated heterocycles. The average Bonchev–Trinajstić information content (AvgIpc) is 2.15. The van der Waals surface area contributed by atoms with Gasteiger partial charge in [0, 0.05) is 12.7 Å². The van der Waals surface area contributed by atoms with Crippen molar-refractivity contribution in [2.45, 2.75) is 12.7 Å². The normalized spacial score (nSPS) is 11.5. The zero-order valence-electron chi connectivity index (χ0n) is 7.43. The molecule has 0 radical (unpaired) electrons. The molecule has 78 valence electrons. The summed E-state index contributed by atoms with van der Waals surface area (Å²) < 4.78 is 41.7. The summed E-state index contributed by atoms with van der Waals surface area (Å²) in [5.41, 5.74) is 4.62. The minimum Gasteiger partial charge on any atom is -0.481 e. The molecule has 0 spiro atoms. The Bertz CT molecular complexity index is 325. The maximum Gasteiger partial charge on any atom is 0.421 e. The Morgan fingerprint density at radius 1 is 1.50 bits per heavy atom. The highest BCUT2D eigenvalue weighted by Gasteiger charge is 2.35. The summed E-state index contributed by atoms with van der Waals surface area (Å²) in [5.74, 6) is -0.435. The van der Waals surface area contributed by atoms with Gasteiger partial charge in [-0.15, -0.1) is 0 Å². The summed E-state index contributed by atoms with van der Waals surface area (Å²) in [4.78, 5) is 3.51. The van der Waals surface area contributed by atoms with E-state index < -0.39 is 17.6 Å². The van der Waals surface area contributed by atoms with Crippen molar-refractivity contribution < 1.29 is 17.9 Å².